The molecule has 1 saturated carbocycles. The molecule has 1 amide bonds. The average Bonchev–Trinajstić information content (AvgIpc) is 3.65. The number of carbonyl (C=O) groups excluding carboxylic acids is 1. The Morgan fingerprint density at radius 1 is 1.16 bits per heavy atom. The number of amides is 1. The molecule has 7 nitrogen and oxygen atoms in total. The highest BCUT2D eigenvalue weighted by Gasteiger charge is 2.22. The van der Waals surface area contributed by atoms with E-state index in [2.05, 4.69) is 57.4 Å². The number of carbonyl (C=O) groups is 1. The third-order valence-electron chi connectivity index (χ3n) is 7.13. The Morgan fingerprint density at radius 2 is 2.03 bits per heavy atom. The lowest BCUT2D eigenvalue weighted by atomic mass is 10.0. The van der Waals surface area contributed by atoms with E-state index in [1.807, 2.05) is 45.3 Å². The molecule has 1 fully saturated rings. The Kier molecular flexibility index (Phi) is 7.93. The fraction of sp³-hybridized carbons (Fsp3) is 0.333. The fourth-order valence-electron chi connectivity index (χ4n) is 4.93. The molecule has 3 atom stereocenters. The van der Waals surface area contributed by atoms with Crippen LogP contribution in [0.25, 0.3) is 10.4 Å². The lowest BCUT2D eigenvalue weighted by Gasteiger charge is -2.17. The number of aliphatic hydroxyl groups excluding tert-OH is 1. The van der Waals surface area contributed by atoms with Crippen molar-refractivity contribution >= 4 is 28.6 Å². The van der Waals surface area contributed by atoms with E-state index in [0.29, 0.717) is 11.6 Å². The van der Waals surface area contributed by atoms with Gasteiger partial charge in [-0.3, -0.25) is 9.48 Å². The predicted molar refractivity (Wildman–Crippen MR) is 154 cm³/mol. The van der Waals surface area contributed by atoms with E-state index >= 15 is 0 Å². The summed E-state index contributed by atoms with van der Waals surface area (Å²) >= 11 is 1.78. The van der Waals surface area contributed by atoms with E-state index in [1.165, 1.54) is 9.75 Å². The van der Waals surface area contributed by atoms with Crippen molar-refractivity contribution in [1.29, 1.82) is 0 Å². The average molecular weight is 530 g/mol. The van der Waals surface area contributed by atoms with Crippen molar-refractivity contribution in [3.8, 4) is 10.4 Å². The van der Waals surface area contributed by atoms with Crippen LogP contribution >= 0.6 is 11.3 Å². The number of benzene rings is 2. The number of aliphatic hydroxyl groups is 1. The molecule has 2 aromatic heterocycles. The zero-order chi connectivity index (χ0) is 26.6. The molecule has 0 saturated heterocycles. The summed E-state index contributed by atoms with van der Waals surface area (Å²) in [6, 6.07) is 18.8. The maximum Gasteiger partial charge on any atom is 0.252 e. The van der Waals surface area contributed by atoms with Gasteiger partial charge in [-0.2, -0.15) is 5.10 Å². The topological polar surface area (TPSA) is 91.2 Å². The van der Waals surface area contributed by atoms with Crippen molar-refractivity contribution in [2.75, 3.05) is 5.32 Å². The second-order valence-electron chi connectivity index (χ2n) is 10.2. The number of nitrogens with zero attached hydrogens (tertiary/aromatic N) is 2. The van der Waals surface area contributed by atoms with Gasteiger partial charge in [0.25, 0.3) is 5.91 Å². The van der Waals surface area contributed by atoms with Crippen molar-refractivity contribution in [2.24, 2.45) is 7.05 Å². The number of rotatable bonds is 9. The van der Waals surface area contributed by atoms with Crippen LogP contribution < -0.4 is 16.0 Å². The number of nitrogens with one attached hydrogen (secondary N) is 3. The Hall–Kier alpha value is -3.46. The van der Waals surface area contributed by atoms with Gasteiger partial charge in [0, 0.05) is 46.8 Å². The second kappa shape index (κ2) is 11.5. The molecule has 38 heavy (non-hydrogen) atoms. The molecule has 2 aromatic carbocycles. The third kappa shape index (κ3) is 6.32. The SMILES string of the molecule is Cc1ccc(Nc2cnn(C)c2)cc1C(=O)N[C@H](C)c1cccc(-c2ccc(CNC3CC[C@@H](O)C3)s2)c1. The van der Waals surface area contributed by atoms with Crippen LogP contribution in [-0.4, -0.2) is 32.9 Å². The molecular formula is C30H35N5O2S. The van der Waals surface area contributed by atoms with Gasteiger partial charge in [-0.05, 0) is 80.1 Å². The smallest absolute Gasteiger partial charge is 0.252 e. The summed E-state index contributed by atoms with van der Waals surface area (Å²) in [5.41, 5.74) is 5.49. The molecule has 198 valence electrons. The zero-order valence-electron chi connectivity index (χ0n) is 22.1. The highest BCUT2D eigenvalue weighted by molar-refractivity contribution is 7.15. The van der Waals surface area contributed by atoms with Crippen LogP contribution in [0.1, 0.15) is 58.6 Å². The summed E-state index contributed by atoms with van der Waals surface area (Å²) in [4.78, 5) is 15.7. The first-order valence-electron chi connectivity index (χ1n) is 13.1. The van der Waals surface area contributed by atoms with Crippen LogP contribution in [0.15, 0.2) is 67.0 Å². The zero-order valence-corrected chi connectivity index (χ0v) is 22.9. The Labute approximate surface area is 227 Å². The first kappa shape index (κ1) is 26.2. The minimum atomic E-state index is -0.159. The molecule has 4 aromatic rings. The summed E-state index contributed by atoms with van der Waals surface area (Å²) in [6.45, 7) is 4.79. The van der Waals surface area contributed by atoms with E-state index < -0.39 is 0 Å². The van der Waals surface area contributed by atoms with Gasteiger partial charge < -0.3 is 21.1 Å². The van der Waals surface area contributed by atoms with E-state index in [-0.39, 0.29) is 18.1 Å². The maximum absolute atomic E-state index is 13.2. The Morgan fingerprint density at radius 3 is 2.79 bits per heavy atom. The lowest BCUT2D eigenvalue weighted by molar-refractivity contribution is 0.0939. The molecule has 0 bridgehead atoms. The van der Waals surface area contributed by atoms with Gasteiger partial charge in [0.15, 0.2) is 0 Å². The predicted octanol–water partition coefficient (Wildman–Crippen LogP) is 5.69. The monoisotopic (exact) mass is 529 g/mol. The first-order chi connectivity index (χ1) is 18.3. The van der Waals surface area contributed by atoms with Gasteiger partial charge in [-0.1, -0.05) is 24.3 Å². The Bertz CT molecular complexity index is 1410. The van der Waals surface area contributed by atoms with Gasteiger partial charge in [0.05, 0.1) is 24.0 Å². The van der Waals surface area contributed by atoms with Gasteiger partial charge >= 0.3 is 0 Å². The molecular weight excluding hydrogens is 494 g/mol. The second-order valence-corrected chi connectivity index (χ2v) is 11.4. The van der Waals surface area contributed by atoms with Crippen LogP contribution in [0.3, 0.4) is 0 Å². The van der Waals surface area contributed by atoms with Crippen molar-refractivity contribution in [3.05, 3.63) is 88.6 Å². The van der Waals surface area contributed by atoms with Crippen molar-refractivity contribution in [2.45, 2.75) is 57.8 Å². The third-order valence-corrected chi connectivity index (χ3v) is 8.26. The first-order valence-corrected chi connectivity index (χ1v) is 13.9. The molecule has 1 aliphatic rings. The van der Waals surface area contributed by atoms with Crippen molar-refractivity contribution in [1.82, 2.24) is 20.4 Å². The summed E-state index contributed by atoms with van der Waals surface area (Å²) < 4.78 is 1.73. The molecule has 2 heterocycles. The lowest BCUT2D eigenvalue weighted by Crippen LogP contribution is -2.27. The molecule has 0 aliphatic heterocycles. The molecule has 0 radical (unpaired) electrons. The van der Waals surface area contributed by atoms with Crippen molar-refractivity contribution in [3.63, 3.8) is 0 Å². The van der Waals surface area contributed by atoms with Gasteiger partial charge in [0.1, 0.15) is 0 Å². The van der Waals surface area contributed by atoms with Crippen LogP contribution in [0.2, 0.25) is 0 Å². The normalized spacial score (nSPS) is 17.9. The fourth-order valence-corrected chi connectivity index (χ4v) is 5.89. The standard InChI is InChI=1S/C30H35N5O2S/c1-19-7-8-24(34-25-16-32-35(3)18-25)15-28(19)30(37)33-20(2)21-5-4-6-22(13-21)29-12-11-27(38-29)17-31-23-9-10-26(36)14-23/h4-8,11-13,15-16,18,20,23,26,31,34,36H,9-10,14,17H2,1-3H3,(H,33,37)/t20-,23?,26-/m1/s1. The molecule has 1 unspecified atom stereocenters. The van der Waals surface area contributed by atoms with Crippen molar-refractivity contribution < 1.29 is 9.90 Å². The largest absolute Gasteiger partial charge is 0.393 e. The van der Waals surface area contributed by atoms with Crippen LogP contribution in [-0.2, 0) is 13.6 Å². The number of aryl methyl sites for hydroxylation is 2. The minimum Gasteiger partial charge on any atom is -0.393 e. The molecule has 4 N–H and O–H groups in total. The highest BCUT2D eigenvalue weighted by atomic mass is 32.1. The summed E-state index contributed by atoms with van der Waals surface area (Å²) in [5, 5.41) is 24.0. The van der Waals surface area contributed by atoms with Gasteiger partial charge in [0.2, 0.25) is 0 Å². The molecule has 8 heteroatoms. The highest BCUT2D eigenvalue weighted by Crippen LogP contribution is 2.31. The molecule has 0 spiro atoms. The number of anilines is 2. The minimum absolute atomic E-state index is 0.100. The van der Waals surface area contributed by atoms with Gasteiger partial charge in [-0.25, -0.2) is 0 Å². The van der Waals surface area contributed by atoms with Crippen LogP contribution in [0, 0.1) is 6.92 Å². The van der Waals surface area contributed by atoms with Crippen LogP contribution in [0.4, 0.5) is 11.4 Å². The summed E-state index contributed by atoms with van der Waals surface area (Å²) in [6.07, 6.45) is 6.26. The Balaban J connectivity index is 1.23. The summed E-state index contributed by atoms with van der Waals surface area (Å²) in [7, 11) is 1.87. The molecule has 1 aliphatic carbocycles. The number of hydrogen-bond donors (Lipinski definition) is 4. The number of aromatic nitrogens is 2. The van der Waals surface area contributed by atoms with Crippen LogP contribution in [0.5, 0.6) is 0 Å². The van der Waals surface area contributed by atoms with Gasteiger partial charge in [-0.15, -0.1) is 11.3 Å². The maximum atomic E-state index is 13.2. The van der Waals surface area contributed by atoms with E-state index in [9.17, 15) is 9.90 Å². The quantitative estimate of drug-likeness (QED) is 0.223. The van der Waals surface area contributed by atoms with E-state index in [0.717, 1.165) is 53.9 Å². The number of hydrogen-bond acceptors (Lipinski definition) is 6. The van der Waals surface area contributed by atoms with E-state index in [4.69, 9.17) is 0 Å². The number of thiophene rings is 1. The summed E-state index contributed by atoms with van der Waals surface area (Å²) in [5.74, 6) is -0.100. The van der Waals surface area contributed by atoms with E-state index in [1.54, 1.807) is 22.2 Å². The molecule has 5 rings (SSSR count).